The number of fused-ring (bicyclic) bond motifs is 2. The van der Waals surface area contributed by atoms with Gasteiger partial charge in [0.2, 0.25) is 0 Å². The van der Waals surface area contributed by atoms with E-state index < -0.39 is 6.09 Å². The Balaban J connectivity index is 1.92. The molecule has 4 aromatic rings. The molecule has 5 heteroatoms. The topological polar surface area (TPSA) is 54.5 Å². The first-order valence-corrected chi connectivity index (χ1v) is 9.54. The van der Waals surface area contributed by atoms with E-state index in [2.05, 4.69) is 49.5 Å². The molecule has 1 aromatic heterocycles. The third kappa shape index (κ3) is 3.72. The highest BCUT2D eigenvalue weighted by Crippen LogP contribution is 2.36. The van der Waals surface area contributed by atoms with Gasteiger partial charge in [0.1, 0.15) is 0 Å². The van der Waals surface area contributed by atoms with E-state index in [-0.39, 0.29) is 6.73 Å². The van der Waals surface area contributed by atoms with E-state index in [1.54, 1.807) is 7.05 Å². The van der Waals surface area contributed by atoms with Gasteiger partial charge in [0.25, 0.3) is 0 Å². The zero-order chi connectivity index (χ0) is 20.4. The van der Waals surface area contributed by atoms with Crippen LogP contribution in [0.2, 0.25) is 0 Å². The highest BCUT2D eigenvalue weighted by molar-refractivity contribution is 6.02. The van der Waals surface area contributed by atoms with Crippen LogP contribution in [-0.4, -0.2) is 24.9 Å². The number of nitrogens with one attached hydrogen (secondary N) is 1. The summed E-state index contributed by atoms with van der Waals surface area (Å²) in [5.41, 5.74) is 6.06. The lowest BCUT2D eigenvalue weighted by molar-refractivity contribution is 0.151. The zero-order valence-electron chi connectivity index (χ0n) is 16.8. The molecule has 0 unspecified atom stereocenters. The van der Waals surface area contributed by atoms with E-state index >= 15 is 0 Å². The number of hydrogen-bond donors (Lipinski definition) is 1. The average Bonchev–Trinajstić information content (AvgIpc) is 2.74. The van der Waals surface area contributed by atoms with Crippen molar-refractivity contribution in [3.05, 3.63) is 77.9 Å². The molecule has 0 aliphatic heterocycles. The summed E-state index contributed by atoms with van der Waals surface area (Å²) in [5, 5.41) is 4.60. The standard InChI is InChI=1S/C24H23N3O2/c1-16-9-11-18-14-20-21(26-22(18)13-16)12-10-17(2)23(20)27(15-29-24(28)25-3)19-7-5-4-6-8-19/h4-14H,15H2,1-3H3,(H,25,28). The van der Waals surface area contributed by atoms with E-state index in [0.29, 0.717) is 0 Å². The van der Waals surface area contributed by atoms with Crippen molar-refractivity contribution >= 4 is 39.3 Å². The van der Waals surface area contributed by atoms with Gasteiger partial charge in [0.15, 0.2) is 6.73 Å². The number of pyridine rings is 1. The largest absolute Gasteiger partial charge is 0.428 e. The zero-order valence-corrected chi connectivity index (χ0v) is 16.8. The average molecular weight is 385 g/mol. The third-order valence-electron chi connectivity index (χ3n) is 4.99. The van der Waals surface area contributed by atoms with Crippen LogP contribution in [0.3, 0.4) is 0 Å². The van der Waals surface area contributed by atoms with Gasteiger partial charge in [-0.2, -0.15) is 0 Å². The van der Waals surface area contributed by atoms with Gasteiger partial charge >= 0.3 is 6.09 Å². The summed E-state index contributed by atoms with van der Waals surface area (Å²) in [6.45, 7) is 4.22. The Morgan fingerprint density at radius 3 is 2.55 bits per heavy atom. The lowest BCUT2D eigenvalue weighted by atomic mass is 10.0. The second kappa shape index (κ2) is 7.80. The van der Waals surface area contributed by atoms with Gasteiger partial charge in [0, 0.05) is 23.5 Å². The molecule has 0 bridgehead atoms. The molecule has 0 aliphatic carbocycles. The van der Waals surface area contributed by atoms with Crippen molar-refractivity contribution in [3.8, 4) is 0 Å². The monoisotopic (exact) mass is 385 g/mol. The van der Waals surface area contributed by atoms with Crippen LogP contribution in [0.4, 0.5) is 16.2 Å². The van der Waals surface area contributed by atoms with Gasteiger partial charge in [-0.1, -0.05) is 36.4 Å². The van der Waals surface area contributed by atoms with Crippen LogP contribution in [0.5, 0.6) is 0 Å². The number of carbonyl (C=O) groups excluding carboxylic acids is 1. The second-order valence-corrected chi connectivity index (χ2v) is 7.06. The molecule has 1 N–H and O–H groups in total. The highest BCUT2D eigenvalue weighted by Gasteiger charge is 2.18. The molecule has 0 aliphatic rings. The van der Waals surface area contributed by atoms with Crippen LogP contribution >= 0.6 is 0 Å². The van der Waals surface area contributed by atoms with Crippen LogP contribution in [0, 0.1) is 13.8 Å². The molecular weight excluding hydrogens is 362 g/mol. The number of ether oxygens (including phenoxy) is 1. The van der Waals surface area contributed by atoms with Crippen molar-refractivity contribution in [2.75, 3.05) is 18.7 Å². The quantitative estimate of drug-likeness (QED) is 0.375. The van der Waals surface area contributed by atoms with Gasteiger partial charge in [-0.05, 0) is 55.3 Å². The lowest BCUT2D eigenvalue weighted by Gasteiger charge is -2.27. The fourth-order valence-corrected chi connectivity index (χ4v) is 3.53. The van der Waals surface area contributed by atoms with Crippen LogP contribution in [0.1, 0.15) is 11.1 Å². The number of aryl methyl sites for hydroxylation is 2. The van der Waals surface area contributed by atoms with Crippen LogP contribution in [-0.2, 0) is 4.74 Å². The Hall–Kier alpha value is -3.60. The Kier molecular flexibility index (Phi) is 5.04. The number of alkyl carbamates (subject to hydrolysis) is 1. The molecule has 3 aromatic carbocycles. The number of aromatic nitrogens is 1. The molecule has 5 nitrogen and oxygen atoms in total. The van der Waals surface area contributed by atoms with Crippen LogP contribution < -0.4 is 10.2 Å². The van der Waals surface area contributed by atoms with Crippen molar-refractivity contribution in [3.63, 3.8) is 0 Å². The van der Waals surface area contributed by atoms with E-state index in [9.17, 15) is 4.79 Å². The van der Waals surface area contributed by atoms with Gasteiger partial charge in [-0.25, -0.2) is 9.78 Å². The maximum absolute atomic E-state index is 11.8. The SMILES string of the molecule is CNC(=O)OCN(c1ccccc1)c1c(C)ccc2nc3cc(C)ccc3cc12. The smallest absolute Gasteiger partial charge is 0.408 e. The molecule has 0 fully saturated rings. The summed E-state index contributed by atoms with van der Waals surface area (Å²) in [6.07, 6.45) is -0.470. The second-order valence-electron chi connectivity index (χ2n) is 7.06. The molecule has 0 atom stereocenters. The molecule has 0 spiro atoms. The predicted molar refractivity (Wildman–Crippen MR) is 118 cm³/mol. The molecule has 0 radical (unpaired) electrons. The minimum Gasteiger partial charge on any atom is -0.428 e. The summed E-state index contributed by atoms with van der Waals surface area (Å²) in [6, 6.07) is 22.5. The summed E-state index contributed by atoms with van der Waals surface area (Å²) < 4.78 is 5.42. The fraction of sp³-hybridized carbons (Fsp3) is 0.167. The van der Waals surface area contributed by atoms with Crippen molar-refractivity contribution < 1.29 is 9.53 Å². The van der Waals surface area contributed by atoms with Gasteiger partial charge in [-0.3, -0.25) is 0 Å². The first kappa shape index (κ1) is 18.7. The van der Waals surface area contributed by atoms with Crippen molar-refractivity contribution in [1.29, 1.82) is 0 Å². The van der Waals surface area contributed by atoms with Crippen molar-refractivity contribution in [1.82, 2.24) is 10.3 Å². The van der Waals surface area contributed by atoms with E-state index in [0.717, 1.165) is 38.7 Å². The number of para-hydroxylation sites is 1. The van der Waals surface area contributed by atoms with Gasteiger partial charge in [-0.15, -0.1) is 0 Å². The fourth-order valence-electron chi connectivity index (χ4n) is 3.53. The normalized spacial score (nSPS) is 10.9. The third-order valence-corrected chi connectivity index (χ3v) is 4.99. The maximum atomic E-state index is 11.8. The number of hydrogen-bond acceptors (Lipinski definition) is 4. The number of benzene rings is 3. The molecule has 29 heavy (non-hydrogen) atoms. The number of rotatable bonds is 4. The van der Waals surface area contributed by atoms with Crippen molar-refractivity contribution in [2.45, 2.75) is 13.8 Å². The van der Waals surface area contributed by atoms with Crippen LogP contribution in [0.25, 0.3) is 21.8 Å². The van der Waals surface area contributed by atoms with Gasteiger partial charge < -0.3 is 15.0 Å². The van der Waals surface area contributed by atoms with Gasteiger partial charge in [0.05, 0.1) is 16.7 Å². The van der Waals surface area contributed by atoms with E-state index in [1.165, 1.54) is 5.56 Å². The Morgan fingerprint density at radius 2 is 1.79 bits per heavy atom. The lowest BCUT2D eigenvalue weighted by Crippen LogP contribution is -2.28. The van der Waals surface area contributed by atoms with E-state index in [4.69, 9.17) is 9.72 Å². The summed E-state index contributed by atoms with van der Waals surface area (Å²) in [5.74, 6) is 0. The van der Waals surface area contributed by atoms with Crippen LogP contribution in [0.15, 0.2) is 66.7 Å². The van der Waals surface area contributed by atoms with Crippen molar-refractivity contribution in [2.24, 2.45) is 0 Å². The molecule has 4 rings (SSSR count). The Bertz CT molecular complexity index is 1190. The molecule has 1 heterocycles. The number of carbonyl (C=O) groups is 1. The maximum Gasteiger partial charge on any atom is 0.408 e. The molecular formula is C24H23N3O2. The Labute approximate surface area is 169 Å². The first-order chi connectivity index (χ1) is 14.1. The summed E-state index contributed by atoms with van der Waals surface area (Å²) in [4.78, 5) is 18.7. The molecule has 0 saturated heterocycles. The van der Waals surface area contributed by atoms with E-state index in [1.807, 2.05) is 41.3 Å². The summed E-state index contributed by atoms with van der Waals surface area (Å²) >= 11 is 0. The minimum absolute atomic E-state index is 0.0928. The highest BCUT2D eigenvalue weighted by atomic mass is 16.6. The minimum atomic E-state index is -0.470. The predicted octanol–water partition coefficient (Wildman–Crippen LogP) is 5.46. The number of anilines is 2. The molecule has 0 saturated carbocycles. The Morgan fingerprint density at radius 1 is 1.00 bits per heavy atom. The molecule has 1 amide bonds. The number of amides is 1. The number of nitrogens with zero attached hydrogens (tertiary/aromatic N) is 2. The molecule has 146 valence electrons. The summed E-state index contributed by atoms with van der Waals surface area (Å²) in [7, 11) is 1.55. The first-order valence-electron chi connectivity index (χ1n) is 9.54.